The molecule has 0 unspecified atom stereocenters. The fraction of sp³-hybridized carbons (Fsp3) is 0.604. The van der Waals surface area contributed by atoms with E-state index in [0.717, 1.165) is 42.6 Å². The molecule has 0 saturated heterocycles. The number of rotatable bonds is 31. The molecule has 0 fully saturated rings. The molecule has 378 valence electrons. The Bertz CT molecular complexity index is 1900. The summed E-state index contributed by atoms with van der Waals surface area (Å²) in [5.41, 5.74) is 13.5. The molecule has 4 N–H and O–H groups in total. The predicted molar refractivity (Wildman–Crippen MR) is 255 cm³/mol. The lowest BCUT2D eigenvalue weighted by molar-refractivity contribution is -0.118. The number of hydrogen-bond acceptors (Lipinski definition) is 16. The number of fused-ring (bicyclic) bond motifs is 1. The number of nitrogens with two attached hydrogens (primary N) is 2. The van der Waals surface area contributed by atoms with Crippen molar-refractivity contribution >= 4 is 27.3 Å². The number of carbonyl (C=O) groups is 2. The molecule has 3 aromatic rings. The van der Waals surface area contributed by atoms with Gasteiger partial charge in [-0.3, -0.25) is 9.59 Å². The van der Waals surface area contributed by atoms with E-state index in [9.17, 15) is 18.0 Å². The fourth-order valence-corrected chi connectivity index (χ4v) is 7.55. The quantitative estimate of drug-likeness (QED) is 0.0764. The van der Waals surface area contributed by atoms with Crippen LogP contribution in [0.4, 0.5) is 10.2 Å². The van der Waals surface area contributed by atoms with E-state index in [1.807, 2.05) is 45.0 Å². The highest BCUT2D eigenvalue weighted by Crippen LogP contribution is 2.31. The Balaban J connectivity index is 0.000000437. The van der Waals surface area contributed by atoms with Gasteiger partial charge in [0.05, 0.1) is 98.2 Å². The number of amides is 1. The third-order valence-electron chi connectivity index (χ3n) is 9.73. The number of hydrogen-bond donors (Lipinski definition) is 2. The zero-order chi connectivity index (χ0) is 49.1. The average Bonchev–Trinajstić information content (AvgIpc) is 3.55. The summed E-state index contributed by atoms with van der Waals surface area (Å²) in [4.78, 5) is 30.2. The SMILES string of the molecule is CCC(=O)CCCS(=O)(=O)c1ccc(C(=O)N2CCOc3ccc(-c4ccc(N)nc4)cc3C2)c(C)c1F.CCOCCOCCOCCOCC.CCOCCOCCOCCOCCN. The molecule has 0 aliphatic carbocycles. The van der Waals surface area contributed by atoms with E-state index in [2.05, 4.69) is 4.98 Å². The molecule has 4 rings (SSSR count). The molecule has 19 heteroatoms. The summed E-state index contributed by atoms with van der Waals surface area (Å²) in [6.07, 6.45) is 2.24. The second kappa shape index (κ2) is 35.9. The maximum atomic E-state index is 15.3. The Morgan fingerprint density at radius 2 is 1.25 bits per heavy atom. The lowest BCUT2D eigenvalue weighted by Crippen LogP contribution is -2.33. The third-order valence-corrected chi connectivity index (χ3v) is 11.5. The number of pyridine rings is 1. The largest absolute Gasteiger partial charge is 0.491 e. The van der Waals surface area contributed by atoms with Crippen LogP contribution in [0.1, 0.15) is 68.4 Å². The van der Waals surface area contributed by atoms with Gasteiger partial charge in [-0.1, -0.05) is 13.0 Å². The zero-order valence-corrected chi connectivity index (χ0v) is 41.0. The molecule has 1 aliphatic heterocycles. The van der Waals surface area contributed by atoms with E-state index in [0.29, 0.717) is 110 Å². The van der Waals surface area contributed by atoms with Crippen molar-refractivity contribution in [3.63, 3.8) is 0 Å². The summed E-state index contributed by atoms with van der Waals surface area (Å²) >= 11 is 0. The van der Waals surface area contributed by atoms with Crippen molar-refractivity contribution in [1.29, 1.82) is 0 Å². The van der Waals surface area contributed by atoms with Gasteiger partial charge < -0.3 is 59.0 Å². The molecule has 0 radical (unpaired) electrons. The Hall–Kier alpha value is -4.15. The number of Topliss-reactive ketones (excluding diaryl/α,β-unsaturated/α-hetero) is 1. The highest BCUT2D eigenvalue weighted by molar-refractivity contribution is 7.91. The zero-order valence-electron chi connectivity index (χ0n) is 40.2. The van der Waals surface area contributed by atoms with E-state index in [4.69, 9.17) is 54.1 Å². The van der Waals surface area contributed by atoms with Crippen LogP contribution in [0.5, 0.6) is 5.75 Å². The Morgan fingerprint density at radius 3 is 1.75 bits per heavy atom. The monoisotopic (exact) mass is 967 g/mol. The molecule has 67 heavy (non-hydrogen) atoms. The molecule has 0 atom stereocenters. The van der Waals surface area contributed by atoms with Crippen LogP contribution >= 0.6 is 0 Å². The van der Waals surface area contributed by atoms with Gasteiger partial charge in [0.15, 0.2) is 9.84 Å². The number of ketones is 1. The summed E-state index contributed by atoms with van der Waals surface area (Å²) < 4.78 is 88.0. The van der Waals surface area contributed by atoms with Gasteiger partial charge in [-0.2, -0.15) is 0 Å². The molecule has 1 aliphatic rings. The Kier molecular flexibility index (Phi) is 31.6. The smallest absolute Gasteiger partial charge is 0.254 e. The highest BCUT2D eigenvalue weighted by atomic mass is 32.2. The van der Waals surface area contributed by atoms with Gasteiger partial charge in [0.25, 0.3) is 5.91 Å². The van der Waals surface area contributed by atoms with E-state index in [1.54, 1.807) is 24.1 Å². The standard InChI is InChI=1S/C28H30FN3O5S.C10H23NO4.C10H22O4/c1-3-22(33)5-4-14-38(35,36)25-10-8-23(18(2)27(25)29)28(34)32-12-13-37-24-9-6-19(15-21(24)17-32)20-7-11-26(30)31-16-20;1-2-12-5-6-14-9-10-15-8-7-13-4-3-11;1-3-11-5-7-13-9-10-14-8-6-12-4-2/h6-11,15-16H,3-5,12-14,17H2,1-2H3,(H2,30,31);2-11H2,1H3;3-10H2,1-2H3. The minimum absolute atomic E-state index is 0.0344. The summed E-state index contributed by atoms with van der Waals surface area (Å²) in [6.45, 7) is 20.7. The Labute approximate surface area is 397 Å². The van der Waals surface area contributed by atoms with Gasteiger partial charge in [-0.25, -0.2) is 17.8 Å². The summed E-state index contributed by atoms with van der Waals surface area (Å²) in [5, 5.41) is 0. The van der Waals surface area contributed by atoms with Crippen molar-refractivity contribution in [2.75, 3.05) is 137 Å². The van der Waals surface area contributed by atoms with Crippen LogP contribution in [0.25, 0.3) is 11.1 Å². The van der Waals surface area contributed by atoms with Gasteiger partial charge in [0.2, 0.25) is 0 Å². The minimum atomic E-state index is -3.95. The van der Waals surface area contributed by atoms with Crippen LogP contribution in [0.15, 0.2) is 53.6 Å². The number of nitrogens with zero attached hydrogens (tertiary/aromatic N) is 2. The lowest BCUT2D eigenvalue weighted by atomic mass is 10.0. The van der Waals surface area contributed by atoms with Gasteiger partial charge >= 0.3 is 0 Å². The fourth-order valence-electron chi connectivity index (χ4n) is 6.11. The van der Waals surface area contributed by atoms with Crippen molar-refractivity contribution in [3.8, 4) is 16.9 Å². The summed E-state index contributed by atoms with van der Waals surface area (Å²) in [5.74, 6) is -0.681. The van der Waals surface area contributed by atoms with E-state index in [1.165, 1.54) is 13.0 Å². The third kappa shape index (κ3) is 24.1. The summed E-state index contributed by atoms with van der Waals surface area (Å²) in [6, 6.07) is 11.7. The van der Waals surface area contributed by atoms with Crippen LogP contribution in [0.3, 0.4) is 0 Å². The Morgan fingerprint density at radius 1 is 0.731 bits per heavy atom. The number of halogens is 1. The maximum Gasteiger partial charge on any atom is 0.254 e. The second-order valence-electron chi connectivity index (χ2n) is 14.7. The van der Waals surface area contributed by atoms with Crippen molar-refractivity contribution < 1.29 is 65.0 Å². The number of benzene rings is 2. The molecular weight excluding hydrogens is 892 g/mol. The van der Waals surface area contributed by atoms with Crippen molar-refractivity contribution in [2.24, 2.45) is 5.73 Å². The number of sulfone groups is 1. The van der Waals surface area contributed by atoms with Crippen LogP contribution in [0.2, 0.25) is 0 Å². The van der Waals surface area contributed by atoms with Gasteiger partial charge in [-0.15, -0.1) is 0 Å². The highest BCUT2D eigenvalue weighted by Gasteiger charge is 2.27. The van der Waals surface area contributed by atoms with Crippen LogP contribution in [-0.4, -0.2) is 161 Å². The maximum absolute atomic E-state index is 15.3. The van der Waals surface area contributed by atoms with Crippen LogP contribution in [-0.2, 0) is 59.1 Å². The molecule has 17 nitrogen and oxygen atoms in total. The number of nitrogen functional groups attached to an aromatic ring is 1. The second-order valence-corrected chi connectivity index (χ2v) is 16.8. The molecule has 2 aromatic carbocycles. The van der Waals surface area contributed by atoms with Gasteiger partial charge in [0, 0.05) is 68.6 Å². The molecule has 1 amide bonds. The molecular formula is C48H75FN4O13S. The molecule has 0 saturated carbocycles. The number of ether oxygens (including phenoxy) is 9. The molecule has 0 bridgehead atoms. The van der Waals surface area contributed by atoms with Crippen molar-refractivity contribution in [2.45, 2.75) is 65.3 Å². The van der Waals surface area contributed by atoms with Gasteiger partial charge in [-0.05, 0) is 81.6 Å². The number of anilines is 1. The van der Waals surface area contributed by atoms with E-state index >= 15 is 4.39 Å². The van der Waals surface area contributed by atoms with E-state index < -0.39 is 26.5 Å². The number of carbonyl (C=O) groups excluding carboxylic acids is 2. The topological polar surface area (TPSA) is 220 Å². The van der Waals surface area contributed by atoms with E-state index in [-0.39, 0.29) is 55.2 Å². The summed E-state index contributed by atoms with van der Waals surface area (Å²) in [7, 11) is -3.95. The van der Waals surface area contributed by atoms with Crippen molar-refractivity contribution in [3.05, 3.63) is 71.2 Å². The first-order valence-corrected chi connectivity index (χ1v) is 24.7. The number of aromatic nitrogens is 1. The van der Waals surface area contributed by atoms with Crippen LogP contribution in [0, 0.1) is 12.7 Å². The first kappa shape index (κ1) is 59.0. The molecule has 1 aromatic heterocycles. The van der Waals surface area contributed by atoms with Gasteiger partial charge in [0.1, 0.15) is 34.7 Å². The predicted octanol–water partition coefficient (Wildman–Crippen LogP) is 5.47. The first-order valence-electron chi connectivity index (χ1n) is 23.1. The minimum Gasteiger partial charge on any atom is -0.491 e. The van der Waals surface area contributed by atoms with Crippen molar-refractivity contribution in [1.82, 2.24) is 9.88 Å². The average molecular weight is 967 g/mol. The first-order chi connectivity index (χ1) is 32.4. The molecule has 2 heterocycles. The molecule has 0 spiro atoms. The normalized spacial score (nSPS) is 12.3. The van der Waals surface area contributed by atoms with Crippen LogP contribution < -0.4 is 16.2 Å². The lowest BCUT2D eigenvalue weighted by Gasteiger charge is -2.22.